The molecule has 258 valence electrons. The molecule has 0 unspecified atom stereocenters. The Balaban J connectivity index is 0.000000160. The molecule has 0 bridgehead atoms. The van der Waals surface area contributed by atoms with E-state index < -0.39 is 0 Å². The molecule has 4 N–H and O–H groups in total. The van der Waals surface area contributed by atoms with Gasteiger partial charge in [0.2, 0.25) is 11.7 Å². The number of ketones is 1. The van der Waals surface area contributed by atoms with Crippen LogP contribution in [0.1, 0.15) is 10.5 Å². The number of rotatable bonds is 7. The van der Waals surface area contributed by atoms with Crippen molar-refractivity contribution in [3.63, 3.8) is 0 Å². The highest BCUT2D eigenvalue weighted by Gasteiger charge is 2.11. The van der Waals surface area contributed by atoms with Gasteiger partial charge in [-0.05, 0) is 66.7 Å². The zero-order valence-corrected chi connectivity index (χ0v) is 29.0. The number of nitrogens with zero attached hydrogens (tertiary/aromatic N) is 11. The molecule has 51 heavy (non-hydrogen) atoms. The first-order valence-corrected chi connectivity index (χ1v) is 15.8. The van der Waals surface area contributed by atoms with Crippen LogP contribution in [0.2, 0.25) is 0 Å². The molecule has 0 atom stereocenters. The van der Waals surface area contributed by atoms with E-state index >= 15 is 0 Å². The second-order valence-corrected chi connectivity index (χ2v) is 11.5. The first-order chi connectivity index (χ1) is 24.6. The van der Waals surface area contributed by atoms with Gasteiger partial charge in [0.15, 0.2) is 5.96 Å². The number of nitrogens with two attached hydrogens (primary N) is 2. The lowest BCUT2D eigenvalue weighted by Crippen LogP contribution is -2.21. The van der Waals surface area contributed by atoms with Crippen LogP contribution < -0.4 is 16.4 Å². The second-order valence-electron chi connectivity index (χ2n) is 11.5. The summed E-state index contributed by atoms with van der Waals surface area (Å²) in [6, 6.07) is 24.7. The predicted molar refractivity (Wildman–Crippen MR) is 202 cm³/mol. The van der Waals surface area contributed by atoms with Crippen LogP contribution >= 0.6 is 0 Å². The highest BCUT2D eigenvalue weighted by atomic mass is 16.1. The van der Waals surface area contributed by atoms with Crippen LogP contribution in [0.25, 0.3) is 33.5 Å². The van der Waals surface area contributed by atoms with E-state index in [0.29, 0.717) is 11.6 Å². The lowest BCUT2D eigenvalue weighted by atomic mass is 10.2. The SMILES string of the molecule is CN(C)/C=C/C(=O)c1ccccn1.CN(c1ccc2c(c1)ncn2C)c1nccc(-c2ccccn2)n1.Cn1cnc2cc(N=C(N)N)ccc21. The Morgan fingerprint density at radius 2 is 1.39 bits per heavy atom. The molecule has 0 amide bonds. The maximum absolute atomic E-state index is 11.4. The van der Waals surface area contributed by atoms with Gasteiger partial charge in [-0.2, -0.15) is 0 Å². The van der Waals surface area contributed by atoms with Crippen molar-refractivity contribution in [3.8, 4) is 11.4 Å². The van der Waals surface area contributed by atoms with E-state index in [0.717, 1.165) is 44.8 Å². The Hall–Kier alpha value is -6.96. The van der Waals surface area contributed by atoms with E-state index in [1.54, 1.807) is 54.2 Å². The monoisotopic (exact) mass is 681 g/mol. The second kappa shape index (κ2) is 16.4. The molecule has 5 heterocycles. The molecular formula is C37H39N13O. The molecule has 7 rings (SSSR count). The van der Waals surface area contributed by atoms with E-state index in [-0.39, 0.29) is 11.7 Å². The van der Waals surface area contributed by atoms with Gasteiger partial charge in [0.25, 0.3) is 0 Å². The average molecular weight is 682 g/mol. The van der Waals surface area contributed by atoms with Crippen LogP contribution in [0.15, 0.2) is 127 Å². The Kier molecular flexibility index (Phi) is 11.4. The Morgan fingerprint density at radius 1 is 0.725 bits per heavy atom. The summed E-state index contributed by atoms with van der Waals surface area (Å²) < 4.78 is 3.94. The van der Waals surface area contributed by atoms with Crippen molar-refractivity contribution in [1.29, 1.82) is 0 Å². The van der Waals surface area contributed by atoms with Gasteiger partial charge in [0, 0.05) is 71.8 Å². The standard InChI is InChI=1S/C18H16N6.C10H12N2O.C9H11N5/c1-23-12-21-16-11-13(6-7-17(16)23)24(2)18-20-10-8-15(22-18)14-5-3-4-9-19-14;1-12(2)8-6-10(13)9-5-3-4-7-11-9;1-14-5-12-7-4-6(13-9(10)11)2-3-8(7)14/h3-12H,1-2H3;3-8H,1-2H3;2-5H,1H3,(H4,10,11,13)/b;8-6+;. The van der Waals surface area contributed by atoms with Crippen molar-refractivity contribution in [2.24, 2.45) is 30.6 Å². The molecule has 0 radical (unpaired) electrons. The van der Waals surface area contributed by atoms with E-state index in [9.17, 15) is 4.79 Å². The minimum absolute atomic E-state index is 0.0558. The number of allylic oxidation sites excluding steroid dienone is 1. The summed E-state index contributed by atoms with van der Waals surface area (Å²) in [7, 11) is 9.60. The molecule has 14 heteroatoms. The number of aryl methyl sites for hydroxylation is 2. The molecule has 5 aromatic heterocycles. The normalized spacial score (nSPS) is 10.6. The van der Waals surface area contributed by atoms with Crippen LogP contribution in [-0.2, 0) is 14.1 Å². The quantitative estimate of drug-likeness (QED) is 0.100. The first-order valence-electron chi connectivity index (χ1n) is 15.8. The molecular weight excluding hydrogens is 642 g/mol. The van der Waals surface area contributed by atoms with Crippen molar-refractivity contribution in [1.82, 2.24) is 43.9 Å². The molecule has 0 aliphatic heterocycles. The Labute approximate surface area is 295 Å². The number of aromatic nitrogens is 8. The number of anilines is 2. The van der Waals surface area contributed by atoms with Gasteiger partial charge in [-0.25, -0.2) is 24.9 Å². The average Bonchev–Trinajstić information content (AvgIpc) is 3.72. The number of guanidine groups is 1. The fraction of sp³-hybridized carbons (Fsp3) is 0.135. The summed E-state index contributed by atoms with van der Waals surface area (Å²) in [5, 5.41) is 0. The summed E-state index contributed by atoms with van der Waals surface area (Å²) in [6.07, 6.45) is 11.9. The molecule has 0 saturated carbocycles. The zero-order chi connectivity index (χ0) is 36.3. The predicted octanol–water partition coefficient (Wildman–Crippen LogP) is 5.01. The van der Waals surface area contributed by atoms with Crippen molar-refractivity contribution in [3.05, 3.63) is 128 Å². The third-order valence-electron chi connectivity index (χ3n) is 7.38. The third kappa shape index (κ3) is 9.35. The van der Waals surface area contributed by atoms with E-state index in [2.05, 4.69) is 41.0 Å². The third-order valence-corrected chi connectivity index (χ3v) is 7.38. The van der Waals surface area contributed by atoms with Gasteiger partial charge in [-0.15, -0.1) is 0 Å². The van der Waals surface area contributed by atoms with Crippen LogP contribution in [-0.4, -0.2) is 76.8 Å². The molecule has 0 aliphatic carbocycles. The number of fused-ring (bicyclic) bond motifs is 2. The fourth-order valence-corrected chi connectivity index (χ4v) is 4.77. The lowest BCUT2D eigenvalue weighted by Gasteiger charge is -2.17. The van der Waals surface area contributed by atoms with Crippen molar-refractivity contribution in [2.45, 2.75) is 0 Å². The number of carbonyl (C=O) groups excluding carboxylic acids is 1. The molecule has 2 aromatic carbocycles. The zero-order valence-electron chi connectivity index (χ0n) is 29.0. The molecule has 0 saturated heterocycles. The minimum Gasteiger partial charge on any atom is -0.383 e. The topological polar surface area (TPSA) is 175 Å². The van der Waals surface area contributed by atoms with E-state index in [4.69, 9.17) is 11.5 Å². The number of carbonyl (C=O) groups is 1. The summed E-state index contributed by atoms with van der Waals surface area (Å²) >= 11 is 0. The van der Waals surface area contributed by atoms with Crippen LogP contribution in [0, 0.1) is 0 Å². The maximum Gasteiger partial charge on any atom is 0.230 e. The lowest BCUT2D eigenvalue weighted by molar-refractivity contribution is 0.104. The first kappa shape index (κ1) is 35.3. The van der Waals surface area contributed by atoms with Gasteiger partial charge < -0.3 is 30.4 Å². The molecule has 0 spiro atoms. The van der Waals surface area contributed by atoms with Crippen LogP contribution in [0.4, 0.5) is 17.3 Å². The summed E-state index contributed by atoms with van der Waals surface area (Å²) in [5.74, 6) is 0.600. The van der Waals surface area contributed by atoms with E-state index in [1.165, 1.54) is 6.08 Å². The molecule has 0 aliphatic rings. The number of benzene rings is 2. The van der Waals surface area contributed by atoms with Gasteiger partial charge in [-0.1, -0.05) is 12.1 Å². The number of hydrogen-bond donors (Lipinski definition) is 2. The maximum atomic E-state index is 11.4. The van der Waals surface area contributed by atoms with Crippen LogP contribution in [0.3, 0.4) is 0 Å². The fourth-order valence-electron chi connectivity index (χ4n) is 4.77. The smallest absolute Gasteiger partial charge is 0.230 e. The molecule has 0 fully saturated rings. The number of imidazole rings is 2. The molecule has 7 aromatic rings. The van der Waals surface area contributed by atoms with Gasteiger partial charge >= 0.3 is 0 Å². The van der Waals surface area contributed by atoms with Crippen molar-refractivity contribution in [2.75, 3.05) is 26.0 Å². The number of hydrogen-bond acceptors (Lipinski definition) is 10. The Morgan fingerprint density at radius 3 is 2.02 bits per heavy atom. The van der Waals surface area contributed by atoms with Crippen LogP contribution in [0.5, 0.6) is 0 Å². The van der Waals surface area contributed by atoms with Gasteiger partial charge in [-0.3, -0.25) is 14.8 Å². The highest BCUT2D eigenvalue weighted by Crippen LogP contribution is 2.25. The van der Waals surface area contributed by atoms with Crippen molar-refractivity contribution < 1.29 is 4.79 Å². The summed E-state index contributed by atoms with van der Waals surface area (Å²) in [4.78, 5) is 45.0. The summed E-state index contributed by atoms with van der Waals surface area (Å²) in [6.45, 7) is 0. The summed E-state index contributed by atoms with van der Waals surface area (Å²) in [5.41, 5.74) is 18.3. The minimum atomic E-state index is -0.0747. The molecule has 14 nitrogen and oxygen atoms in total. The van der Waals surface area contributed by atoms with Gasteiger partial charge in [0.05, 0.1) is 51.8 Å². The number of aliphatic imine (C=N–C) groups is 1. The number of pyridine rings is 2. The van der Waals surface area contributed by atoms with Crippen molar-refractivity contribution >= 4 is 51.1 Å². The Bertz CT molecular complexity index is 2270. The largest absolute Gasteiger partial charge is 0.383 e. The van der Waals surface area contributed by atoms with Gasteiger partial charge in [0.1, 0.15) is 5.69 Å². The van der Waals surface area contributed by atoms with E-state index in [1.807, 2.05) is 110 Å². The highest BCUT2D eigenvalue weighted by molar-refractivity contribution is 6.02.